The van der Waals surface area contributed by atoms with Gasteiger partial charge in [0.05, 0.1) is 21.2 Å². The van der Waals surface area contributed by atoms with Crippen molar-refractivity contribution in [3.63, 3.8) is 0 Å². The Morgan fingerprint density at radius 3 is 2.10 bits per heavy atom. The summed E-state index contributed by atoms with van der Waals surface area (Å²) in [5.74, 6) is -0.165. The minimum atomic E-state index is -3.47. The van der Waals surface area contributed by atoms with Crippen molar-refractivity contribution < 1.29 is 26.7 Å². The van der Waals surface area contributed by atoms with E-state index in [1.165, 1.54) is 18.4 Å². The number of aromatic nitrogens is 1. The highest BCUT2D eigenvalue weighted by Crippen LogP contribution is 2.38. The van der Waals surface area contributed by atoms with Crippen LogP contribution in [0.15, 0.2) is 126 Å². The molecule has 0 saturated heterocycles. The van der Waals surface area contributed by atoms with Gasteiger partial charge in [-0.3, -0.25) is 9.78 Å². The van der Waals surface area contributed by atoms with Gasteiger partial charge in [0.2, 0.25) is 0 Å². The summed E-state index contributed by atoms with van der Waals surface area (Å²) >= 11 is 0. The van der Waals surface area contributed by atoms with Crippen LogP contribution in [0.2, 0.25) is 0 Å². The number of anilines is 1. The lowest BCUT2D eigenvalue weighted by Crippen LogP contribution is -2.33. The number of amides is 1. The molecular weight excluding hydrogens is 693 g/mol. The van der Waals surface area contributed by atoms with E-state index in [9.17, 15) is 26.7 Å². The molecule has 0 spiro atoms. The molecule has 1 unspecified atom stereocenters. The van der Waals surface area contributed by atoms with E-state index in [-0.39, 0.29) is 16.6 Å². The van der Waals surface area contributed by atoms with Gasteiger partial charge in [0.25, 0.3) is 5.91 Å². The van der Waals surface area contributed by atoms with E-state index >= 15 is 0 Å². The van der Waals surface area contributed by atoms with E-state index in [0.29, 0.717) is 27.9 Å². The molecule has 1 heterocycles. The van der Waals surface area contributed by atoms with Crippen molar-refractivity contribution in [1.29, 1.82) is 0 Å². The molecule has 0 radical (unpaired) electrons. The summed E-state index contributed by atoms with van der Waals surface area (Å²) in [5, 5.41) is 11.3. The Hall–Kier alpha value is -5.32. The van der Waals surface area contributed by atoms with Crippen LogP contribution in [0.25, 0.3) is 33.2 Å². The Labute approximate surface area is 305 Å². The van der Waals surface area contributed by atoms with Crippen LogP contribution in [0, 0.1) is 6.92 Å². The molecule has 1 N–H and O–H groups in total. The number of aromatic hydroxyl groups is 1. The molecule has 0 saturated carbocycles. The average molecular weight is 733 g/mol. The summed E-state index contributed by atoms with van der Waals surface area (Å²) in [6.45, 7) is 7.18. The third-order valence-electron chi connectivity index (χ3n) is 9.75. The number of benzene rings is 5. The van der Waals surface area contributed by atoms with E-state index < -0.39 is 30.5 Å². The first kappa shape index (κ1) is 36.5. The Morgan fingerprint density at radius 2 is 1.46 bits per heavy atom. The Balaban J connectivity index is 1.45. The lowest BCUT2D eigenvalue weighted by atomic mass is 9.92. The fraction of sp³-hybridized carbons (Fsp3) is 0.190. The lowest BCUT2D eigenvalue weighted by Gasteiger charge is -2.30. The maximum absolute atomic E-state index is 14.5. The van der Waals surface area contributed by atoms with Crippen molar-refractivity contribution >= 4 is 42.2 Å². The summed E-state index contributed by atoms with van der Waals surface area (Å²) in [6, 6.07) is 33.3. The number of carbonyl (C=O) groups excluding carboxylic acids is 1. The highest BCUT2D eigenvalue weighted by Gasteiger charge is 2.33. The number of hydrogen-bond acceptors (Lipinski definition) is 7. The molecule has 8 nitrogen and oxygen atoms in total. The zero-order valence-corrected chi connectivity index (χ0v) is 31.5. The Morgan fingerprint density at radius 1 is 0.769 bits per heavy atom. The third kappa shape index (κ3) is 7.09. The maximum Gasteiger partial charge on any atom is 0.258 e. The van der Waals surface area contributed by atoms with Crippen LogP contribution < -0.4 is 4.90 Å². The predicted molar refractivity (Wildman–Crippen MR) is 208 cm³/mol. The molecule has 1 amide bonds. The number of aryl methyl sites for hydroxylation is 1. The van der Waals surface area contributed by atoms with E-state index in [1.807, 2.05) is 74.5 Å². The van der Waals surface area contributed by atoms with Crippen LogP contribution in [0.1, 0.15) is 53.9 Å². The molecule has 0 aliphatic carbocycles. The zero-order chi connectivity index (χ0) is 37.6. The second-order valence-corrected chi connectivity index (χ2v) is 18.3. The Kier molecular flexibility index (Phi) is 9.59. The van der Waals surface area contributed by atoms with Gasteiger partial charge in [-0.2, -0.15) is 0 Å². The topological polar surface area (TPSA) is 122 Å². The molecular formula is C42H40N2O6S2. The van der Waals surface area contributed by atoms with Crippen LogP contribution in [0.5, 0.6) is 5.75 Å². The van der Waals surface area contributed by atoms with Crippen LogP contribution in [0.4, 0.5) is 5.69 Å². The summed E-state index contributed by atoms with van der Waals surface area (Å²) < 4.78 is 49.1. The maximum atomic E-state index is 14.5. The number of nitrogens with zero attached hydrogens (tertiary/aromatic N) is 2. The fourth-order valence-corrected chi connectivity index (χ4v) is 7.45. The largest absolute Gasteiger partial charge is 0.507 e. The van der Waals surface area contributed by atoms with Crippen LogP contribution in [-0.4, -0.2) is 45.3 Å². The Bertz CT molecular complexity index is 2550. The van der Waals surface area contributed by atoms with Crippen molar-refractivity contribution in [2.24, 2.45) is 0 Å². The van der Waals surface area contributed by atoms with Gasteiger partial charge in [-0.1, -0.05) is 48.5 Å². The molecule has 6 rings (SSSR count). The van der Waals surface area contributed by atoms with Crippen molar-refractivity contribution in [2.45, 2.75) is 43.4 Å². The molecule has 52 heavy (non-hydrogen) atoms. The van der Waals surface area contributed by atoms with Gasteiger partial charge in [-0.25, -0.2) is 16.8 Å². The first-order valence-corrected chi connectivity index (χ1v) is 20.5. The van der Waals surface area contributed by atoms with Crippen molar-refractivity contribution in [3.8, 4) is 28.0 Å². The number of carbonyl (C=O) groups is 1. The molecule has 6 aromatic rings. The number of phenols is 1. The molecule has 5 aromatic carbocycles. The van der Waals surface area contributed by atoms with Crippen LogP contribution in [0.3, 0.4) is 0 Å². The van der Waals surface area contributed by atoms with Gasteiger partial charge in [0.1, 0.15) is 5.75 Å². The first-order chi connectivity index (χ1) is 24.5. The van der Waals surface area contributed by atoms with E-state index in [0.717, 1.165) is 39.5 Å². The first-order valence-electron chi connectivity index (χ1n) is 16.7. The normalized spacial score (nSPS) is 12.8. The molecule has 0 aliphatic heterocycles. The van der Waals surface area contributed by atoms with Gasteiger partial charge in [0.15, 0.2) is 19.7 Å². The molecule has 0 bridgehead atoms. The number of hydrogen-bond donors (Lipinski definition) is 1. The number of pyridine rings is 1. The summed E-state index contributed by atoms with van der Waals surface area (Å²) in [5.41, 5.74) is 6.91. The molecule has 0 fully saturated rings. The smallest absolute Gasteiger partial charge is 0.258 e. The average Bonchev–Trinajstić information content (AvgIpc) is 3.10. The zero-order valence-electron chi connectivity index (χ0n) is 29.8. The van der Waals surface area contributed by atoms with E-state index in [2.05, 4.69) is 4.98 Å². The molecule has 0 aliphatic rings. The minimum Gasteiger partial charge on any atom is -0.507 e. The number of sulfone groups is 2. The number of fused-ring (bicyclic) bond motifs is 1. The standard InChI is InChI=1S/C42H40N2O6S2/c1-27-12-21-37(39(45)23-27)29-13-15-30(16-14-29)41(46)44(35-17-19-36(20-18-35)51(5,47)48)28(2)31-9-7-10-32(24-31)38-26-34(42(3,4)52(6,49)50)25-33-11-8-22-43-40(33)38/h7-26,28,45H,1-6H3. The van der Waals surface area contributed by atoms with Crippen molar-refractivity contribution in [2.75, 3.05) is 17.4 Å². The fourth-order valence-electron chi connectivity index (χ4n) is 6.28. The SMILES string of the molecule is Cc1ccc(-c2ccc(C(=O)N(c3ccc(S(C)(=O)=O)cc3)C(C)c3cccc(-c4cc(C(C)(C)S(C)(=O)=O)cc5cccnc45)c3)cc2)c(O)c1. The molecule has 266 valence electrons. The van der Waals surface area contributed by atoms with E-state index in [4.69, 9.17) is 0 Å². The highest BCUT2D eigenvalue weighted by atomic mass is 32.2. The minimum absolute atomic E-state index is 0.136. The predicted octanol–water partition coefficient (Wildman–Crippen LogP) is 8.67. The summed E-state index contributed by atoms with van der Waals surface area (Å²) in [7, 11) is -6.94. The lowest BCUT2D eigenvalue weighted by molar-refractivity contribution is 0.0978. The molecule has 1 atom stereocenters. The van der Waals surface area contributed by atoms with Crippen molar-refractivity contribution in [3.05, 3.63) is 144 Å². The van der Waals surface area contributed by atoms with E-state index in [1.54, 1.807) is 67.4 Å². The second kappa shape index (κ2) is 13.7. The van der Waals surface area contributed by atoms with Gasteiger partial charge in [-0.15, -0.1) is 0 Å². The molecule has 10 heteroatoms. The van der Waals surface area contributed by atoms with Crippen LogP contribution in [-0.2, 0) is 24.4 Å². The molecule has 1 aromatic heterocycles. The third-order valence-corrected chi connectivity index (χ3v) is 13.0. The van der Waals surface area contributed by atoms with Gasteiger partial charge in [-0.05, 0) is 122 Å². The number of rotatable bonds is 9. The highest BCUT2D eigenvalue weighted by molar-refractivity contribution is 7.91. The number of phenolic OH excluding ortho intramolecular Hbond substituents is 1. The van der Waals surface area contributed by atoms with Gasteiger partial charge in [0, 0.05) is 46.5 Å². The van der Waals surface area contributed by atoms with Crippen LogP contribution >= 0.6 is 0 Å². The monoisotopic (exact) mass is 732 g/mol. The quantitative estimate of drug-likeness (QED) is 0.158. The summed E-state index contributed by atoms with van der Waals surface area (Å²) in [4.78, 5) is 20.9. The van der Waals surface area contributed by atoms with Gasteiger partial charge < -0.3 is 10.0 Å². The second-order valence-electron chi connectivity index (χ2n) is 13.7. The van der Waals surface area contributed by atoms with Crippen molar-refractivity contribution in [1.82, 2.24) is 4.98 Å². The summed E-state index contributed by atoms with van der Waals surface area (Å²) in [6.07, 6.45) is 4.07. The van der Waals surface area contributed by atoms with Gasteiger partial charge >= 0.3 is 0 Å².